The predicted octanol–water partition coefficient (Wildman–Crippen LogP) is 2.05. The molecule has 2 aromatic rings. The van der Waals surface area contributed by atoms with Crippen LogP contribution in [0.15, 0.2) is 30.3 Å². The third-order valence-electron chi connectivity index (χ3n) is 2.42. The number of hydrogen-bond acceptors (Lipinski definition) is 3. The van der Waals surface area contributed by atoms with Gasteiger partial charge >= 0.3 is 0 Å². The van der Waals surface area contributed by atoms with E-state index in [9.17, 15) is 4.39 Å². The largest absolute Gasteiger partial charge is 0.325 e. The first-order valence-electron chi connectivity index (χ1n) is 5.00. The number of rotatable bonds is 2. The number of nitrogens with two attached hydrogens (primary N) is 1. The summed E-state index contributed by atoms with van der Waals surface area (Å²) in [6.45, 7) is 2.31. The van der Waals surface area contributed by atoms with Crippen molar-refractivity contribution in [3.8, 4) is 11.3 Å². The molecule has 0 spiro atoms. The van der Waals surface area contributed by atoms with Crippen LogP contribution in [-0.2, 0) is 6.54 Å². The van der Waals surface area contributed by atoms with Crippen molar-refractivity contribution in [1.82, 2.24) is 10.2 Å². The summed E-state index contributed by atoms with van der Waals surface area (Å²) in [6.07, 6.45) is 0. The van der Waals surface area contributed by atoms with Gasteiger partial charge in [0, 0.05) is 12.1 Å². The summed E-state index contributed by atoms with van der Waals surface area (Å²) in [4.78, 5) is 0. The van der Waals surface area contributed by atoms with Crippen LogP contribution >= 0.6 is 0 Å². The maximum absolute atomic E-state index is 12.7. The third kappa shape index (κ3) is 2.06. The zero-order valence-electron chi connectivity index (χ0n) is 8.94. The molecule has 82 valence electrons. The fraction of sp³-hybridized carbons (Fsp3) is 0.167. The Hall–Kier alpha value is -1.81. The molecular formula is C12H12FN3. The molecule has 0 atom stereocenters. The number of halogens is 1. The van der Waals surface area contributed by atoms with Crippen LogP contribution in [0, 0.1) is 12.7 Å². The van der Waals surface area contributed by atoms with Crippen molar-refractivity contribution in [3.05, 3.63) is 47.4 Å². The second kappa shape index (κ2) is 4.37. The highest BCUT2D eigenvalue weighted by atomic mass is 19.1. The number of aryl methyl sites for hydroxylation is 1. The Labute approximate surface area is 93.1 Å². The summed E-state index contributed by atoms with van der Waals surface area (Å²) in [6, 6.07) is 8.08. The van der Waals surface area contributed by atoms with Crippen LogP contribution in [0.1, 0.15) is 11.3 Å². The fourth-order valence-corrected chi connectivity index (χ4v) is 1.47. The van der Waals surface area contributed by atoms with Crippen LogP contribution in [0.4, 0.5) is 4.39 Å². The van der Waals surface area contributed by atoms with Crippen molar-refractivity contribution in [3.63, 3.8) is 0 Å². The zero-order chi connectivity index (χ0) is 11.5. The fourth-order valence-electron chi connectivity index (χ4n) is 1.47. The quantitative estimate of drug-likeness (QED) is 0.837. The van der Waals surface area contributed by atoms with Gasteiger partial charge in [-0.1, -0.05) is 0 Å². The Morgan fingerprint density at radius 2 is 1.88 bits per heavy atom. The number of nitrogens with zero attached hydrogens (tertiary/aromatic N) is 2. The second-order valence-electron chi connectivity index (χ2n) is 3.57. The van der Waals surface area contributed by atoms with E-state index in [1.165, 1.54) is 12.1 Å². The molecule has 1 aromatic heterocycles. The van der Waals surface area contributed by atoms with Crippen LogP contribution in [0.25, 0.3) is 11.3 Å². The maximum Gasteiger partial charge on any atom is 0.123 e. The Kier molecular flexibility index (Phi) is 2.92. The van der Waals surface area contributed by atoms with Crippen LogP contribution in [0.5, 0.6) is 0 Å². The molecular weight excluding hydrogens is 205 g/mol. The molecule has 0 saturated carbocycles. The van der Waals surface area contributed by atoms with Crippen molar-refractivity contribution in [1.29, 1.82) is 0 Å². The minimum absolute atomic E-state index is 0.257. The lowest BCUT2D eigenvalue weighted by molar-refractivity contribution is 0.628. The van der Waals surface area contributed by atoms with Crippen LogP contribution in [-0.4, -0.2) is 10.2 Å². The lowest BCUT2D eigenvalue weighted by Crippen LogP contribution is -2.04. The van der Waals surface area contributed by atoms with E-state index in [0.717, 1.165) is 22.5 Å². The Morgan fingerprint density at radius 3 is 2.44 bits per heavy atom. The molecule has 0 saturated heterocycles. The molecule has 0 aliphatic rings. The highest BCUT2D eigenvalue weighted by Gasteiger charge is 2.04. The molecule has 16 heavy (non-hydrogen) atoms. The third-order valence-corrected chi connectivity index (χ3v) is 2.42. The first-order chi connectivity index (χ1) is 7.70. The average molecular weight is 217 g/mol. The molecule has 1 aromatic carbocycles. The van der Waals surface area contributed by atoms with E-state index in [2.05, 4.69) is 10.2 Å². The second-order valence-corrected chi connectivity index (χ2v) is 3.57. The van der Waals surface area contributed by atoms with Gasteiger partial charge in [0.25, 0.3) is 0 Å². The molecule has 0 unspecified atom stereocenters. The van der Waals surface area contributed by atoms with E-state index in [0.29, 0.717) is 6.54 Å². The van der Waals surface area contributed by atoms with Gasteiger partial charge in [-0.05, 0) is 42.8 Å². The normalized spacial score (nSPS) is 10.4. The standard InChI is InChI=1S/C12H12FN3/c1-8-6-11(15-16-12(8)7-14)9-2-4-10(13)5-3-9/h2-6H,7,14H2,1H3. The summed E-state index contributed by atoms with van der Waals surface area (Å²) in [5.74, 6) is -0.257. The summed E-state index contributed by atoms with van der Waals surface area (Å²) in [7, 11) is 0. The topological polar surface area (TPSA) is 51.8 Å². The first-order valence-corrected chi connectivity index (χ1v) is 5.00. The van der Waals surface area contributed by atoms with Crippen molar-refractivity contribution < 1.29 is 4.39 Å². The molecule has 0 radical (unpaired) electrons. The van der Waals surface area contributed by atoms with Gasteiger partial charge in [0.1, 0.15) is 5.82 Å². The van der Waals surface area contributed by atoms with Crippen LogP contribution < -0.4 is 5.73 Å². The van der Waals surface area contributed by atoms with E-state index < -0.39 is 0 Å². The van der Waals surface area contributed by atoms with Crippen molar-refractivity contribution in [2.75, 3.05) is 0 Å². The van der Waals surface area contributed by atoms with Crippen molar-refractivity contribution in [2.24, 2.45) is 5.73 Å². The van der Waals surface area contributed by atoms with Crippen LogP contribution in [0.2, 0.25) is 0 Å². The van der Waals surface area contributed by atoms with Gasteiger partial charge in [-0.3, -0.25) is 0 Å². The molecule has 0 aliphatic carbocycles. The Bertz CT molecular complexity index is 494. The van der Waals surface area contributed by atoms with Gasteiger partial charge in [-0.2, -0.15) is 10.2 Å². The zero-order valence-corrected chi connectivity index (χ0v) is 8.94. The monoisotopic (exact) mass is 217 g/mol. The molecule has 1 heterocycles. The Morgan fingerprint density at radius 1 is 1.19 bits per heavy atom. The molecule has 2 N–H and O–H groups in total. The summed E-state index contributed by atoms with van der Waals surface area (Å²) in [5, 5.41) is 8.08. The molecule has 0 fully saturated rings. The van der Waals surface area contributed by atoms with E-state index in [1.54, 1.807) is 12.1 Å². The van der Waals surface area contributed by atoms with E-state index in [1.807, 2.05) is 13.0 Å². The van der Waals surface area contributed by atoms with Gasteiger partial charge in [-0.15, -0.1) is 0 Å². The number of benzene rings is 1. The highest BCUT2D eigenvalue weighted by Crippen LogP contribution is 2.18. The van der Waals surface area contributed by atoms with Crippen molar-refractivity contribution >= 4 is 0 Å². The summed E-state index contributed by atoms with van der Waals surface area (Å²) >= 11 is 0. The molecule has 0 amide bonds. The van der Waals surface area contributed by atoms with E-state index >= 15 is 0 Å². The molecule has 4 heteroatoms. The van der Waals surface area contributed by atoms with Gasteiger partial charge in [0.15, 0.2) is 0 Å². The molecule has 0 bridgehead atoms. The molecule has 2 rings (SSSR count). The minimum Gasteiger partial charge on any atom is -0.325 e. The SMILES string of the molecule is Cc1cc(-c2ccc(F)cc2)nnc1CN. The van der Waals surface area contributed by atoms with Crippen LogP contribution in [0.3, 0.4) is 0 Å². The lowest BCUT2D eigenvalue weighted by atomic mass is 10.1. The first kappa shape index (κ1) is 10.7. The maximum atomic E-state index is 12.7. The highest BCUT2D eigenvalue weighted by molar-refractivity contribution is 5.59. The molecule has 0 aliphatic heterocycles. The summed E-state index contributed by atoms with van der Waals surface area (Å²) < 4.78 is 12.7. The smallest absolute Gasteiger partial charge is 0.123 e. The number of hydrogen-bond donors (Lipinski definition) is 1. The van der Waals surface area contributed by atoms with Gasteiger partial charge in [0.2, 0.25) is 0 Å². The molecule has 3 nitrogen and oxygen atoms in total. The van der Waals surface area contributed by atoms with E-state index in [4.69, 9.17) is 5.73 Å². The predicted molar refractivity (Wildman–Crippen MR) is 60.1 cm³/mol. The van der Waals surface area contributed by atoms with Gasteiger partial charge in [0.05, 0.1) is 11.4 Å². The lowest BCUT2D eigenvalue weighted by Gasteiger charge is -2.04. The summed E-state index contributed by atoms with van der Waals surface area (Å²) in [5.41, 5.74) is 8.87. The van der Waals surface area contributed by atoms with Gasteiger partial charge < -0.3 is 5.73 Å². The van der Waals surface area contributed by atoms with Crippen molar-refractivity contribution in [2.45, 2.75) is 13.5 Å². The minimum atomic E-state index is -0.257. The Balaban J connectivity index is 2.41. The van der Waals surface area contributed by atoms with E-state index in [-0.39, 0.29) is 5.82 Å². The average Bonchev–Trinajstić information content (AvgIpc) is 2.30. The van der Waals surface area contributed by atoms with Gasteiger partial charge in [-0.25, -0.2) is 4.39 Å². The number of aromatic nitrogens is 2.